The molecule has 15 heavy (non-hydrogen) atoms. The third-order valence-corrected chi connectivity index (χ3v) is 2.95. The van der Waals surface area contributed by atoms with Gasteiger partial charge in [0.2, 0.25) is 0 Å². The molecule has 2 nitrogen and oxygen atoms in total. The molecule has 78 valence electrons. The number of hydrogen-bond acceptors (Lipinski definition) is 2. The van der Waals surface area contributed by atoms with Gasteiger partial charge in [-0.3, -0.25) is 9.79 Å². The summed E-state index contributed by atoms with van der Waals surface area (Å²) >= 11 is 0. The van der Waals surface area contributed by atoms with Crippen LogP contribution in [0, 0.1) is 12.8 Å². The fraction of sp³-hybridized carbons (Fsp3) is 0.385. The molecule has 1 unspecified atom stereocenters. The van der Waals surface area contributed by atoms with Crippen LogP contribution in [0.3, 0.4) is 0 Å². The van der Waals surface area contributed by atoms with Crippen molar-refractivity contribution in [3.05, 3.63) is 28.8 Å². The zero-order valence-electron chi connectivity index (χ0n) is 9.37. The molecule has 0 N–H and O–H groups in total. The molecule has 2 heteroatoms. The van der Waals surface area contributed by atoms with E-state index in [0.29, 0.717) is 0 Å². The second kappa shape index (κ2) is 3.61. The number of Topliss-reactive ketones (excluding diaryl/α,β-unsaturated/α-hetero) is 1. The second-order valence-corrected chi connectivity index (χ2v) is 4.08. The lowest BCUT2D eigenvalue weighted by Crippen LogP contribution is -2.16. The molecular weight excluding hydrogens is 186 g/mol. The van der Waals surface area contributed by atoms with E-state index in [9.17, 15) is 4.79 Å². The molecule has 1 aromatic carbocycles. The largest absolute Gasteiger partial charge is 0.293 e. The summed E-state index contributed by atoms with van der Waals surface area (Å²) in [7, 11) is 0. The highest BCUT2D eigenvalue weighted by molar-refractivity contribution is 6.12. The molecule has 0 aliphatic carbocycles. The molecular formula is C13H15NO. The third-order valence-electron chi connectivity index (χ3n) is 2.95. The van der Waals surface area contributed by atoms with Gasteiger partial charge in [-0.05, 0) is 36.6 Å². The number of rotatable bonds is 1. The minimum absolute atomic E-state index is 0.0793. The third kappa shape index (κ3) is 1.60. The molecule has 1 aliphatic heterocycles. The Bertz CT molecular complexity index is 446. The summed E-state index contributed by atoms with van der Waals surface area (Å²) in [5.74, 6) is 0.107. The number of carbonyl (C=O) groups excluding carboxylic acids is 1. The van der Waals surface area contributed by atoms with E-state index in [1.807, 2.05) is 19.1 Å². The summed E-state index contributed by atoms with van der Waals surface area (Å²) in [6.07, 6.45) is 2.72. The molecule has 0 aromatic heterocycles. The van der Waals surface area contributed by atoms with Crippen molar-refractivity contribution in [2.75, 3.05) is 0 Å². The predicted molar refractivity (Wildman–Crippen MR) is 62.2 cm³/mol. The average molecular weight is 201 g/mol. The van der Waals surface area contributed by atoms with Crippen LogP contribution in [0.25, 0.3) is 0 Å². The molecule has 0 radical (unpaired) electrons. The van der Waals surface area contributed by atoms with E-state index in [1.54, 1.807) is 6.21 Å². The predicted octanol–water partition coefficient (Wildman–Crippen LogP) is 3.09. The van der Waals surface area contributed by atoms with Crippen molar-refractivity contribution < 1.29 is 4.79 Å². The highest BCUT2D eigenvalue weighted by Crippen LogP contribution is 2.29. The zero-order valence-corrected chi connectivity index (χ0v) is 9.37. The van der Waals surface area contributed by atoms with E-state index in [2.05, 4.69) is 18.8 Å². The Hall–Kier alpha value is -1.44. The number of carbonyl (C=O) groups is 1. The lowest BCUT2D eigenvalue weighted by molar-refractivity contribution is 0.0962. The van der Waals surface area contributed by atoms with Crippen LogP contribution in [-0.2, 0) is 6.42 Å². The Balaban J connectivity index is 2.59. The summed E-state index contributed by atoms with van der Waals surface area (Å²) < 4.78 is 0. The van der Waals surface area contributed by atoms with Crippen LogP contribution in [0.1, 0.15) is 35.3 Å². The average Bonchev–Trinajstić information content (AvgIpc) is 2.24. The molecule has 0 spiro atoms. The highest BCUT2D eigenvalue weighted by Gasteiger charge is 2.21. The Labute approximate surface area is 90.0 Å². The summed E-state index contributed by atoms with van der Waals surface area (Å²) in [6, 6.07) is 4.01. The number of aryl methyl sites for hydroxylation is 2. The van der Waals surface area contributed by atoms with Crippen LogP contribution in [0.5, 0.6) is 0 Å². The number of benzene rings is 1. The molecule has 1 aromatic rings. The SMILES string of the molecule is CCc1cc2c(cc1C)C(=O)C(C)C=N2. The molecule has 1 heterocycles. The number of nitrogens with zero attached hydrogens (tertiary/aromatic N) is 1. The molecule has 1 aliphatic rings. The van der Waals surface area contributed by atoms with Crippen molar-refractivity contribution in [1.82, 2.24) is 0 Å². The van der Waals surface area contributed by atoms with Crippen molar-refractivity contribution in [3.63, 3.8) is 0 Å². The van der Waals surface area contributed by atoms with Crippen molar-refractivity contribution in [3.8, 4) is 0 Å². The maximum atomic E-state index is 11.9. The lowest BCUT2D eigenvalue weighted by atomic mass is 9.92. The Morgan fingerprint density at radius 1 is 1.40 bits per heavy atom. The van der Waals surface area contributed by atoms with Gasteiger partial charge in [-0.15, -0.1) is 0 Å². The fourth-order valence-corrected chi connectivity index (χ4v) is 1.93. The second-order valence-electron chi connectivity index (χ2n) is 4.08. The monoisotopic (exact) mass is 201 g/mol. The molecule has 2 rings (SSSR count). The maximum absolute atomic E-state index is 11.9. The van der Waals surface area contributed by atoms with Gasteiger partial charge in [-0.2, -0.15) is 0 Å². The number of hydrogen-bond donors (Lipinski definition) is 0. The fourth-order valence-electron chi connectivity index (χ4n) is 1.93. The number of fused-ring (bicyclic) bond motifs is 1. The number of aliphatic imine (C=N–C) groups is 1. The smallest absolute Gasteiger partial charge is 0.173 e. The Morgan fingerprint density at radius 3 is 2.80 bits per heavy atom. The summed E-state index contributed by atoms with van der Waals surface area (Å²) in [6.45, 7) is 6.05. The molecule has 0 saturated heterocycles. The van der Waals surface area contributed by atoms with Gasteiger partial charge in [0, 0.05) is 11.8 Å². The van der Waals surface area contributed by atoms with Crippen LogP contribution < -0.4 is 0 Å². The van der Waals surface area contributed by atoms with Crippen LogP contribution in [-0.4, -0.2) is 12.0 Å². The first-order valence-electron chi connectivity index (χ1n) is 5.35. The normalized spacial score (nSPS) is 19.1. The minimum atomic E-state index is -0.0793. The van der Waals surface area contributed by atoms with Gasteiger partial charge >= 0.3 is 0 Å². The van der Waals surface area contributed by atoms with E-state index >= 15 is 0 Å². The van der Waals surface area contributed by atoms with E-state index in [-0.39, 0.29) is 11.7 Å². The molecule has 0 bridgehead atoms. The molecule has 1 atom stereocenters. The first-order chi connectivity index (χ1) is 7.13. The van der Waals surface area contributed by atoms with Crippen molar-refractivity contribution in [2.45, 2.75) is 27.2 Å². The minimum Gasteiger partial charge on any atom is -0.293 e. The van der Waals surface area contributed by atoms with Gasteiger partial charge in [-0.1, -0.05) is 13.8 Å². The van der Waals surface area contributed by atoms with Gasteiger partial charge in [0.1, 0.15) is 0 Å². The summed E-state index contributed by atoms with van der Waals surface area (Å²) in [5.41, 5.74) is 4.07. The molecule has 0 saturated carbocycles. The first-order valence-corrected chi connectivity index (χ1v) is 5.35. The Kier molecular flexibility index (Phi) is 2.43. The van der Waals surface area contributed by atoms with Crippen molar-refractivity contribution >= 4 is 17.7 Å². The summed E-state index contributed by atoms with van der Waals surface area (Å²) in [5, 5.41) is 0. The van der Waals surface area contributed by atoms with Gasteiger partial charge < -0.3 is 0 Å². The standard InChI is InChI=1S/C13H15NO/c1-4-10-6-12-11(5-8(10)2)13(15)9(3)7-14-12/h5-7,9H,4H2,1-3H3. The topological polar surface area (TPSA) is 29.4 Å². The highest BCUT2D eigenvalue weighted by atomic mass is 16.1. The van der Waals surface area contributed by atoms with Gasteiger partial charge in [0.25, 0.3) is 0 Å². The van der Waals surface area contributed by atoms with Gasteiger partial charge in [-0.25, -0.2) is 0 Å². The van der Waals surface area contributed by atoms with Gasteiger partial charge in [0.15, 0.2) is 5.78 Å². The van der Waals surface area contributed by atoms with Crippen LogP contribution in [0.15, 0.2) is 17.1 Å². The molecule has 0 amide bonds. The van der Waals surface area contributed by atoms with E-state index in [0.717, 1.165) is 17.7 Å². The van der Waals surface area contributed by atoms with Crippen molar-refractivity contribution in [1.29, 1.82) is 0 Å². The Morgan fingerprint density at radius 2 is 2.13 bits per heavy atom. The summed E-state index contributed by atoms with van der Waals surface area (Å²) in [4.78, 5) is 16.2. The quantitative estimate of drug-likeness (QED) is 0.686. The van der Waals surface area contributed by atoms with E-state index < -0.39 is 0 Å². The number of ketones is 1. The van der Waals surface area contributed by atoms with Gasteiger partial charge in [0.05, 0.1) is 11.6 Å². The van der Waals surface area contributed by atoms with Crippen LogP contribution in [0.2, 0.25) is 0 Å². The van der Waals surface area contributed by atoms with E-state index in [4.69, 9.17) is 0 Å². The van der Waals surface area contributed by atoms with Crippen LogP contribution >= 0.6 is 0 Å². The zero-order chi connectivity index (χ0) is 11.0. The lowest BCUT2D eigenvalue weighted by Gasteiger charge is -2.16. The van der Waals surface area contributed by atoms with Crippen LogP contribution in [0.4, 0.5) is 5.69 Å². The first kappa shape index (κ1) is 10.1. The van der Waals surface area contributed by atoms with Crippen molar-refractivity contribution in [2.24, 2.45) is 10.9 Å². The maximum Gasteiger partial charge on any atom is 0.173 e. The molecule has 0 fully saturated rings. The van der Waals surface area contributed by atoms with E-state index in [1.165, 1.54) is 11.1 Å².